The van der Waals surface area contributed by atoms with Crippen LogP contribution in [0.4, 0.5) is 4.39 Å². The first-order valence-electron chi connectivity index (χ1n) is 9.39. The van der Waals surface area contributed by atoms with Gasteiger partial charge in [0.05, 0.1) is 22.2 Å². The van der Waals surface area contributed by atoms with Gasteiger partial charge in [0.1, 0.15) is 5.82 Å². The van der Waals surface area contributed by atoms with Gasteiger partial charge >= 0.3 is 0 Å². The first-order valence-corrected chi connectivity index (χ1v) is 11.3. The van der Waals surface area contributed by atoms with Crippen LogP contribution in [0.5, 0.6) is 0 Å². The molecular formula is C20H20ClFN4O2S. The molecule has 0 spiro atoms. The van der Waals surface area contributed by atoms with Crippen LogP contribution in [0.1, 0.15) is 24.1 Å². The fourth-order valence-corrected chi connectivity index (χ4v) is 4.90. The highest BCUT2D eigenvalue weighted by Gasteiger charge is 2.22. The fraction of sp³-hybridized carbons (Fsp3) is 0.300. The normalized spacial score (nSPS) is 14.0. The Bertz CT molecular complexity index is 1130. The Morgan fingerprint density at radius 2 is 1.90 bits per heavy atom. The second-order valence-corrected chi connectivity index (χ2v) is 9.09. The summed E-state index contributed by atoms with van der Waals surface area (Å²) in [5.41, 5.74) is 4.34. The molecule has 1 aromatic carbocycles. The standard InChI is InChI=1S/C20H20ClFN4O2S/c21-17-13-15(5-6-18(17)22)29(27,28)24-11-12-26-19-4-2-1-3-16(19)20(25-26)14-7-9-23-10-8-14/h5-10,13,24H,1-4,11-12H2. The molecule has 4 rings (SSSR count). The maximum Gasteiger partial charge on any atom is 0.240 e. The number of fused-ring (bicyclic) bond motifs is 1. The Morgan fingerprint density at radius 3 is 2.66 bits per heavy atom. The average molecular weight is 435 g/mol. The van der Waals surface area contributed by atoms with E-state index in [4.69, 9.17) is 16.7 Å². The minimum absolute atomic E-state index is 0.0659. The Labute approximate surface area is 173 Å². The minimum Gasteiger partial charge on any atom is -0.267 e. The van der Waals surface area contributed by atoms with Crippen molar-refractivity contribution in [3.05, 3.63) is 64.8 Å². The van der Waals surface area contributed by atoms with E-state index in [0.29, 0.717) is 6.54 Å². The van der Waals surface area contributed by atoms with E-state index in [1.165, 1.54) is 11.6 Å². The monoisotopic (exact) mass is 434 g/mol. The smallest absolute Gasteiger partial charge is 0.240 e. The zero-order valence-corrected chi connectivity index (χ0v) is 17.2. The largest absolute Gasteiger partial charge is 0.267 e. The third-order valence-electron chi connectivity index (χ3n) is 5.03. The molecule has 6 nitrogen and oxygen atoms in total. The number of hydrogen-bond donors (Lipinski definition) is 1. The average Bonchev–Trinajstić information content (AvgIpc) is 3.09. The lowest BCUT2D eigenvalue weighted by Gasteiger charge is -2.14. The highest BCUT2D eigenvalue weighted by Crippen LogP contribution is 2.31. The van der Waals surface area contributed by atoms with Crippen molar-refractivity contribution in [3.8, 4) is 11.3 Å². The van der Waals surface area contributed by atoms with E-state index in [-0.39, 0.29) is 16.5 Å². The number of pyridine rings is 1. The number of halogens is 2. The summed E-state index contributed by atoms with van der Waals surface area (Å²) >= 11 is 5.70. The van der Waals surface area contributed by atoms with Crippen LogP contribution in [0.3, 0.4) is 0 Å². The number of sulfonamides is 1. The quantitative estimate of drug-likeness (QED) is 0.643. The molecular weight excluding hydrogens is 415 g/mol. The second kappa shape index (κ2) is 8.22. The number of hydrogen-bond acceptors (Lipinski definition) is 4. The zero-order chi connectivity index (χ0) is 20.4. The van der Waals surface area contributed by atoms with Gasteiger partial charge in [0.2, 0.25) is 10.0 Å². The predicted octanol–water partition coefficient (Wildman–Crippen LogP) is 3.59. The van der Waals surface area contributed by atoms with Crippen molar-refractivity contribution in [2.24, 2.45) is 0 Å². The third-order valence-corrected chi connectivity index (χ3v) is 6.78. The first-order chi connectivity index (χ1) is 14.0. The van der Waals surface area contributed by atoms with Crippen molar-refractivity contribution in [2.45, 2.75) is 37.1 Å². The summed E-state index contributed by atoms with van der Waals surface area (Å²) in [6.45, 7) is 0.572. The van der Waals surface area contributed by atoms with E-state index in [9.17, 15) is 12.8 Å². The van der Waals surface area contributed by atoms with Crippen LogP contribution in [-0.2, 0) is 29.4 Å². The molecule has 9 heteroatoms. The lowest BCUT2D eigenvalue weighted by molar-refractivity contribution is 0.538. The van der Waals surface area contributed by atoms with Crippen LogP contribution in [0.15, 0.2) is 47.6 Å². The molecule has 0 aliphatic heterocycles. The maximum absolute atomic E-state index is 13.3. The van der Waals surface area contributed by atoms with Crippen molar-refractivity contribution in [2.75, 3.05) is 6.54 Å². The topological polar surface area (TPSA) is 76.9 Å². The molecule has 1 N–H and O–H groups in total. The van der Waals surface area contributed by atoms with Gasteiger partial charge in [-0.3, -0.25) is 9.67 Å². The molecule has 0 fully saturated rings. The van der Waals surface area contributed by atoms with E-state index in [1.807, 2.05) is 16.8 Å². The van der Waals surface area contributed by atoms with Gasteiger partial charge in [0.15, 0.2) is 0 Å². The van der Waals surface area contributed by atoms with Gasteiger partial charge in [0, 0.05) is 35.8 Å². The predicted molar refractivity (Wildman–Crippen MR) is 109 cm³/mol. The van der Waals surface area contributed by atoms with E-state index < -0.39 is 15.8 Å². The fourth-order valence-electron chi connectivity index (χ4n) is 3.61. The molecule has 0 saturated carbocycles. The summed E-state index contributed by atoms with van der Waals surface area (Å²) in [6, 6.07) is 7.21. The van der Waals surface area contributed by atoms with Crippen molar-refractivity contribution in [3.63, 3.8) is 0 Å². The van der Waals surface area contributed by atoms with Crippen molar-refractivity contribution in [1.29, 1.82) is 0 Å². The van der Waals surface area contributed by atoms with Gasteiger partial charge in [-0.25, -0.2) is 17.5 Å². The molecule has 3 aromatic rings. The number of aromatic nitrogens is 3. The maximum atomic E-state index is 13.3. The van der Waals surface area contributed by atoms with Crippen LogP contribution < -0.4 is 4.72 Å². The van der Waals surface area contributed by atoms with Gasteiger partial charge in [-0.05, 0) is 56.0 Å². The number of nitrogens with one attached hydrogen (secondary N) is 1. The molecule has 0 atom stereocenters. The van der Waals surface area contributed by atoms with E-state index >= 15 is 0 Å². The number of rotatable bonds is 6. The summed E-state index contributed by atoms with van der Waals surface area (Å²) in [5.74, 6) is -0.655. The van der Waals surface area contributed by atoms with Gasteiger partial charge in [0.25, 0.3) is 0 Å². The lowest BCUT2D eigenvalue weighted by atomic mass is 9.94. The van der Waals surface area contributed by atoms with E-state index in [0.717, 1.165) is 54.8 Å². The van der Waals surface area contributed by atoms with Gasteiger partial charge in [-0.15, -0.1) is 0 Å². The van der Waals surface area contributed by atoms with Crippen molar-refractivity contribution in [1.82, 2.24) is 19.5 Å². The van der Waals surface area contributed by atoms with Crippen LogP contribution in [0.2, 0.25) is 5.02 Å². The number of nitrogens with zero attached hydrogens (tertiary/aromatic N) is 3. The summed E-state index contributed by atoms with van der Waals surface area (Å²) in [6.07, 6.45) is 7.58. The summed E-state index contributed by atoms with van der Waals surface area (Å²) < 4.78 is 42.7. The second-order valence-electron chi connectivity index (χ2n) is 6.91. The SMILES string of the molecule is O=S(=O)(NCCn1nc(-c2ccncc2)c2c1CCCC2)c1ccc(F)c(Cl)c1. The van der Waals surface area contributed by atoms with Crippen LogP contribution in [0.25, 0.3) is 11.3 Å². The third kappa shape index (κ3) is 4.19. The van der Waals surface area contributed by atoms with Gasteiger partial charge < -0.3 is 0 Å². The van der Waals surface area contributed by atoms with Gasteiger partial charge in [-0.2, -0.15) is 5.10 Å². The molecule has 29 heavy (non-hydrogen) atoms. The lowest BCUT2D eigenvalue weighted by Crippen LogP contribution is -2.28. The Balaban J connectivity index is 1.53. The highest BCUT2D eigenvalue weighted by molar-refractivity contribution is 7.89. The zero-order valence-electron chi connectivity index (χ0n) is 15.6. The van der Waals surface area contributed by atoms with Crippen molar-refractivity contribution >= 4 is 21.6 Å². The Hall–Kier alpha value is -2.29. The molecule has 2 heterocycles. The summed E-state index contributed by atoms with van der Waals surface area (Å²) in [5, 5.41) is 4.54. The molecule has 0 unspecified atom stereocenters. The summed E-state index contributed by atoms with van der Waals surface area (Å²) in [7, 11) is -3.79. The molecule has 0 saturated heterocycles. The molecule has 2 aromatic heterocycles. The van der Waals surface area contributed by atoms with Gasteiger partial charge in [-0.1, -0.05) is 11.6 Å². The first kappa shape index (κ1) is 20.0. The van der Waals surface area contributed by atoms with Crippen LogP contribution in [0, 0.1) is 5.82 Å². The van der Waals surface area contributed by atoms with E-state index in [2.05, 4.69) is 9.71 Å². The Kier molecular flexibility index (Phi) is 5.67. The van der Waals surface area contributed by atoms with E-state index in [1.54, 1.807) is 12.4 Å². The summed E-state index contributed by atoms with van der Waals surface area (Å²) in [4.78, 5) is 4.00. The molecule has 0 radical (unpaired) electrons. The highest BCUT2D eigenvalue weighted by atomic mass is 35.5. The molecule has 152 valence electrons. The molecule has 0 amide bonds. The number of benzene rings is 1. The minimum atomic E-state index is -3.79. The molecule has 1 aliphatic rings. The molecule has 0 bridgehead atoms. The van der Waals surface area contributed by atoms with Crippen molar-refractivity contribution < 1.29 is 12.8 Å². The van der Waals surface area contributed by atoms with Crippen LogP contribution >= 0.6 is 11.6 Å². The van der Waals surface area contributed by atoms with Crippen LogP contribution in [-0.4, -0.2) is 29.7 Å². The molecule has 1 aliphatic carbocycles. The Morgan fingerprint density at radius 1 is 1.14 bits per heavy atom.